The maximum absolute atomic E-state index is 12.5. The Bertz CT molecular complexity index is 643. The first kappa shape index (κ1) is 17.6. The van der Waals surface area contributed by atoms with Crippen LogP contribution in [0, 0.1) is 5.92 Å². The van der Waals surface area contributed by atoms with Crippen LogP contribution in [0.2, 0.25) is 18.1 Å². The van der Waals surface area contributed by atoms with Crippen LogP contribution in [0.15, 0.2) is 28.3 Å². The normalized spacial score (nSPS) is 30.0. The van der Waals surface area contributed by atoms with E-state index in [1.165, 1.54) is 0 Å². The number of carbonyl (C=O) groups excluding carboxylic acids is 1. The van der Waals surface area contributed by atoms with Crippen LogP contribution in [0.4, 0.5) is 0 Å². The molecule has 1 aliphatic heterocycles. The van der Waals surface area contributed by atoms with Crippen molar-refractivity contribution in [1.82, 2.24) is 5.32 Å². The van der Waals surface area contributed by atoms with Gasteiger partial charge in [-0.2, -0.15) is 0 Å². The number of rotatable bonds is 3. The van der Waals surface area contributed by atoms with E-state index in [1.807, 2.05) is 6.08 Å². The number of aliphatic hydroxyl groups excluding tert-OH is 1. The summed E-state index contributed by atoms with van der Waals surface area (Å²) in [5.74, 6) is 0.261. The average Bonchev–Trinajstić information content (AvgIpc) is 2.83. The second-order valence-corrected chi connectivity index (χ2v) is 13.3. The molecule has 5 nitrogen and oxygen atoms in total. The van der Waals surface area contributed by atoms with Crippen molar-refractivity contribution in [3.63, 3.8) is 0 Å². The Morgan fingerprint density at radius 3 is 2.75 bits per heavy atom. The molecule has 24 heavy (non-hydrogen) atoms. The van der Waals surface area contributed by atoms with E-state index in [0.29, 0.717) is 12.4 Å². The molecule has 1 fully saturated rings. The first-order chi connectivity index (χ1) is 11.1. The standard InChI is InChI=1S/C18H28N2O3Si/c1-18(2,3)24(4,5)23-10-16-19-14-8-11-6-7-15(21)12(11)9-13(14)17(22)20-16/h8-9,13-15,21H,6-7,10H2,1-5H3,(H,19,20,22)/t13?,14?,15-/m1/s1. The summed E-state index contributed by atoms with van der Waals surface area (Å²) >= 11 is 0. The number of aliphatic hydroxyl groups is 1. The third kappa shape index (κ3) is 3.14. The van der Waals surface area contributed by atoms with E-state index in [-0.39, 0.29) is 22.9 Å². The van der Waals surface area contributed by atoms with Gasteiger partial charge in [-0.05, 0) is 42.1 Å². The molecule has 3 rings (SSSR count). The zero-order chi connectivity index (χ0) is 17.7. The Morgan fingerprint density at radius 1 is 1.38 bits per heavy atom. The summed E-state index contributed by atoms with van der Waals surface area (Å²) in [6, 6.07) is -0.166. The van der Waals surface area contributed by atoms with Crippen LogP contribution in [0.25, 0.3) is 0 Å². The van der Waals surface area contributed by atoms with Crippen LogP contribution in [-0.4, -0.2) is 43.9 Å². The molecule has 3 atom stereocenters. The molecule has 0 radical (unpaired) electrons. The van der Waals surface area contributed by atoms with Gasteiger partial charge >= 0.3 is 0 Å². The largest absolute Gasteiger partial charge is 0.409 e. The SMILES string of the molecule is CC(C)(C)[Si](C)(C)OCC1=NC2C=C3CC[C@@H](O)C3=CC2C(=O)N1. The van der Waals surface area contributed by atoms with Crippen molar-refractivity contribution in [2.75, 3.05) is 6.61 Å². The molecule has 132 valence electrons. The fourth-order valence-electron chi connectivity index (χ4n) is 3.13. The summed E-state index contributed by atoms with van der Waals surface area (Å²) in [6.07, 6.45) is 5.13. The van der Waals surface area contributed by atoms with E-state index in [1.54, 1.807) is 0 Å². The highest BCUT2D eigenvalue weighted by molar-refractivity contribution is 6.74. The van der Waals surface area contributed by atoms with Crippen molar-refractivity contribution in [2.24, 2.45) is 10.9 Å². The highest BCUT2D eigenvalue weighted by Crippen LogP contribution is 2.38. The molecule has 1 amide bonds. The number of carbonyl (C=O) groups is 1. The van der Waals surface area contributed by atoms with E-state index in [0.717, 1.165) is 24.0 Å². The van der Waals surface area contributed by atoms with Gasteiger partial charge in [-0.15, -0.1) is 0 Å². The van der Waals surface area contributed by atoms with Gasteiger partial charge in [0.2, 0.25) is 5.91 Å². The van der Waals surface area contributed by atoms with Crippen molar-refractivity contribution in [2.45, 2.75) is 63.9 Å². The molecule has 6 heteroatoms. The number of amidine groups is 1. The van der Waals surface area contributed by atoms with Crippen LogP contribution < -0.4 is 5.32 Å². The Hall–Kier alpha value is -1.24. The summed E-state index contributed by atoms with van der Waals surface area (Å²) < 4.78 is 6.18. The molecule has 0 saturated heterocycles. The van der Waals surface area contributed by atoms with Gasteiger partial charge in [-0.25, -0.2) is 0 Å². The van der Waals surface area contributed by atoms with Crippen molar-refractivity contribution < 1.29 is 14.3 Å². The first-order valence-corrected chi connectivity index (χ1v) is 11.6. The lowest BCUT2D eigenvalue weighted by atomic mass is 9.86. The van der Waals surface area contributed by atoms with Gasteiger partial charge in [0.1, 0.15) is 5.84 Å². The second kappa shape index (κ2) is 5.93. The molecule has 3 aliphatic rings. The van der Waals surface area contributed by atoms with E-state index in [9.17, 15) is 9.90 Å². The lowest BCUT2D eigenvalue weighted by Gasteiger charge is -2.37. The van der Waals surface area contributed by atoms with Gasteiger partial charge in [-0.3, -0.25) is 9.79 Å². The fraction of sp³-hybridized carbons (Fsp3) is 0.667. The topological polar surface area (TPSA) is 70.9 Å². The van der Waals surface area contributed by atoms with Gasteiger partial charge in [0.25, 0.3) is 0 Å². The van der Waals surface area contributed by atoms with Crippen molar-refractivity contribution >= 4 is 20.1 Å². The zero-order valence-electron chi connectivity index (χ0n) is 15.2. The minimum absolute atomic E-state index is 0.0502. The van der Waals surface area contributed by atoms with Crippen LogP contribution in [0.1, 0.15) is 33.6 Å². The van der Waals surface area contributed by atoms with Gasteiger partial charge in [0, 0.05) is 0 Å². The van der Waals surface area contributed by atoms with Crippen molar-refractivity contribution in [1.29, 1.82) is 0 Å². The number of fused-ring (bicyclic) bond motifs is 2. The summed E-state index contributed by atoms with van der Waals surface area (Å²) in [4.78, 5) is 17.2. The summed E-state index contributed by atoms with van der Waals surface area (Å²) in [7, 11) is -1.88. The van der Waals surface area contributed by atoms with Crippen LogP contribution in [0.5, 0.6) is 0 Å². The maximum Gasteiger partial charge on any atom is 0.234 e. The van der Waals surface area contributed by atoms with Crippen LogP contribution in [-0.2, 0) is 9.22 Å². The van der Waals surface area contributed by atoms with E-state index >= 15 is 0 Å². The van der Waals surface area contributed by atoms with Crippen LogP contribution in [0.3, 0.4) is 0 Å². The maximum atomic E-state index is 12.5. The number of nitrogens with zero attached hydrogens (tertiary/aromatic N) is 1. The van der Waals surface area contributed by atoms with Gasteiger partial charge in [-0.1, -0.05) is 32.9 Å². The summed E-state index contributed by atoms with van der Waals surface area (Å²) in [5.41, 5.74) is 2.06. The monoisotopic (exact) mass is 348 g/mol. The Kier molecular flexibility index (Phi) is 4.34. The highest BCUT2D eigenvalue weighted by Gasteiger charge is 2.40. The molecule has 2 unspecified atom stereocenters. The predicted octanol–water partition coefficient (Wildman–Crippen LogP) is 2.54. The number of aliphatic imine (C=N–C) groups is 1. The lowest BCUT2D eigenvalue weighted by molar-refractivity contribution is -0.122. The smallest absolute Gasteiger partial charge is 0.234 e. The van der Waals surface area contributed by atoms with Crippen LogP contribution >= 0.6 is 0 Å². The zero-order valence-corrected chi connectivity index (χ0v) is 16.2. The molecular formula is C18H28N2O3Si. The van der Waals surface area contributed by atoms with Gasteiger partial charge in [0.05, 0.1) is 24.7 Å². The number of amides is 1. The first-order valence-electron chi connectivity index (χ1n) is 8.71. The number of hydrogen-bond acceptors (Lipinski definition) is 4. The third-order valence-corrected chi connectivity index (χ3v) is 10.2. The van der Waals surface area contributed by atoms with Gasteiger partial charge < -0.3 is 14.8 Å². The van der Waals surface area contributed by atoms with Crippen molar-refractivity contribution in [3.8, 4) is 0 Å². The molecule has 0 aromatic heterocycles. The Morgan fingerprint density at radius 2 is 2.08 bits per heavy atom. The minimum atomic E-state index is -1.88. The van der Waals surface area contributed by atoms with Gasteiger partial charge in [0.15, 0.2) is 8.32 Å². The van der Waals surface area contributed by atoms with E-state index < -0.39 is 14.4 Å². The minimum Gasteiger partial charge on any atom is -0.409 e. The molecule has 1 saturated carbocycles. The average molecular weight is 349 g/mol. The summed E-state index contributed by atoms with van der Waals surface area (Å²) in [6.45, 7) is 11.3. The number of hydrogen-bond donors (Lipinski definition) is 2. The Balaban J connectivity index is 1.75. The predicted molar refractivity (Wildman–Crippen MR) is 97.4 cm³/mol. The molecular weight excluding hydrogens is 320 g/mol. The second-order valence-electron chi connectivity index (χ2n) is 8.50. The molecule has 1 heterocycles. The molecule has 2 N–H and O–H groups in total. The van der Waals surface area contributed by atoms with E-state index in [2.05, 4.69) is 45.3 Å². The van der Waals surface area contributed by atoms with Crippen molar-refractivity contribution in [3.05, 3.63) is 23.3 Å². The molecule has 0 spiro atoms. The molecule has 0 aromatic rings. The molecule has 0 bridgehead atoms. The lowest BCUT2D eigenvalue weighted by Crippen LogP contribution is -2.49. The quantitative estimate of drug-likeness (QED) is 0.770. The highest BCUT2D eigenvalue weighted by atomic mass is 28.4. The molecule has 0 aromatic carbocycles. The third-order valence-electron chi connectivity index (χ3n) is 5.77. The Labute approximate surface area is 145 Å². The number of nitrogens with one attached hydrogen (secondary N) is 1. The fourth-order valence-corrected chi connectivity index (χ4v) is 4.06. The summed E-state index contributed by atoms with van der Waals surface area (Å²) in [5, 5.41) is 13.0. The van der Waals surface area contributed by atoms with E-state index in [4.69, 9.17) is 9.42 Å². The molecule has 2 aliphatic carbocycles.